The van der Waals surface area contributed by atoms with Crippen molar-refractivity contribution in [3.8, 4) is 0 Å². The van der Waals surface area contributed by atoms with E-state index in [4.69, 9.17) is 0 Å². The summed E-state index contributed by atoms with van der Waals surface area (Å²) in [4.78, 5) is 4.13. The van der Waals surface area contributed by atoms with Crippen molar-refractivity contribution in [2.75, 3.05) is 5.32 Å². The predicted octanol–water partition coefficient (Wildman–Crippen LogP) is 3.46. The predicted molar refractivity (Wildman–Crippen MR) is 76.7 cm³/mol. The Labute approximate surface area is 115 Å². The van der Waals surface area contributed by atoms with E-state index in [2.05, 4.69) is 36.4 Å². The number of hydrogen-bond donors (Lipinski definition) is 2. The number of nitrogens with one attached hydrogen (secondary N) is 2. The Morgan fingerprint density at radius 3 is 2.63 bits per heavy atom. The molecule has 3 nitrogen and oxygen atoms in total. The minimum absolute atomic E-state index is 0.0191. The average Bonchev–Trinajstić information content (AvgIpc) is 2.82. The third-order valence-corrected chi connectivity index (χ3v) is 3.47. The third kappa shape index (κ3) is 4.16. The molecule has 106 valence electrons. The maximum atomic E-state index is 14.3. The summed E-state index contributed by atoms with van der Waals surface area (Å²) in [7, 11) is 0. The number of nitrogens with zero attached hydrogens (tertiary/aromatic N) is 1. The number of pyridine rings is 1. The maximum Gasteiger partial charge on any atom is 0.169 e. The molecule has 1 saturated carbocycles. The number of halogens is 1. The van der Waals surface area contributed by atoms with E-state index in [0.717, 1.165) is 12.8 Å². The Kier molecular flexibility index (Phi) is 4.40. The summed E-state index contributed by atoms with van der Waals surface area (Å²) in [5, 5.41) is 6.54. The number of rotatable bonds is 4. The molecular formula is C15H24FN3. The van der Waals surface area contributed by atoms with Crippen LogP contribution in [-0.2, 0) is 6.54 Å². The van der Waals surface area contributed by atoms with Crippen molar-refractivity contribution in [1.29, 1.82) is 0 Å². The number of anilines is 1. The molecule has 19 heavy (non-hydrogen) atoms. The van der Waals surface area contributed by atoms with Gasteiger partial charge in [-0.3, -0.25) is 0 Å². The van der Waals surface area contributed by atoms with Gasteiger partial charge < -0.3 is 10.6 Å². The highest BCUT2D eigenvalue weighted by Crippen LogP contribution is 2.23. The summed E-state index contributed by atoms with van der Waals surface area (Å²) >= 11 is 0. The molecule has 4 heteroatoms. The van der Waals surface area contributed by atoms with E-state index in [1.54, 1.807) is 12.3 Å². The molecule has 1 aromatic heterocycles. The van der Waals surface area contributed by atoms with Crippen LogP contribution in [0.1, 0.15) is 52.0 Å². The molecule has 1 aliphatic rings. The SMILES string of the molecule is CC(C)(C)NCc1ccnc(NC2CCCC2)c1F. The molecule has 1 aromatic rings. The van der Waals surface area contributed by atoms with Crippen molar-refractivity contribution >= 4 is 5.82 Å². The van der Waals surface area contributed by atoms with E-state index in [0.29, 0.717) is 24.0 Å². The second-order valence-electron chi connectivity index (χ2n) is 6.36. The van der Waals surface area contributed by atoms with Crippen LogP contribution in [0.3, 0.4) is 0 Å². The molecule has 0 unspecified atom stereocenters. The Morgan fingerprint density at radius 2 is 2.00 bits per heavy atom. The van der Waals surface area contributed by atoms with Gasteiger partial charge in [0, 0.05) is 29.9 Å². The summed E-state index contributed by atoms with van der Waals surface area (Å²) < 4.78 is 14.3. The lowest BCUT2D eigenvalue weighted by atomic mass is 10.1. The fourth-order valence-corrected chi connectivity index (χ4v) is 2.34. The normalized spacial score (nSPS) is 16.8. The van der Waals surface area contributed by atoms with Gasteiger partial charge in [0.2, 0.25) is 0 Å². The molecule has 1 aliphatic carbocycles. The van der Waals surface area contributed by atoms with Gasteiger partial charge in [-0.2, -0.15) is 0 Å². The lowest BCUT2D eigenvalue weighted by Crippen LogP contribution is -2.35. The first kappa shape index (κ1) is 14.3. The van der Waals surface area contributed by atoms with Crippen LogP contribution in [0.15, 0.2) is 12.3 Å². The molecule has 0 bridgehead atoms. The largest absolute Gasteiger partial charge is 0.365 e. The van der Waals surface area contributed by atoms with E-state index in [-0.39, 0.29) is 11.4 Å². The summed E-state index contributed by atoms with van der Waals surface area (Å²) in [6.07, 6.45) is 6.37. The van der Waals surface area contributed by atoms with Crippen LogP contribution in [0.4, 0.5) is 10.2 Å². The summed E-state index contributed by atoms with van der Waals surface area (Å²) in [5.41, 5.74) is 0.653. The van der Waals surface area contributed by atoms with Gasteiger partial charge in [0.25, 0.3) is 0 Å². The van der Waals surface area contributed by atoms with E-state index >= 15 is 0 Å². The van der Waals surface area contributed by atoms with Crippen molar-refractivity contribution in [2.24, 2.45) is 0 Å². The van der Waals surface area contributed by atoms with Crippen LogP contribution < -0.4 is 10.6 Å². The Balaban J connectivity index is 2.04. The van der Waals surface area contributed by atoms with Crippen LogP contribution in [-0.4, -0.2) is 16.6 Å². The van der Waals surface area contributed by atoms with E-state index < -0.39 is 0 Å². The molecular weight excluding hydrogens is 241 g/mol. The highest BCUT2D eigenvalue weighted by atomic mass is 19.1. The fourth-order valence-electron chi connectivity index (χ4n) is 2.34. The van der Waals surface area contributed by atoms with Gasteiger partial charge in [-0.25, -0.2) is 9.37 Å². The second kappa shape index (κ2) is 5.87. The van der Waals surface area contributed by atoms with Gasteiger partial charge in [0.15, 0.2) is 11.6 Å². The van der Waals surface area contributed by atoms with Gasteiger partial charge in [-0.1, -0.05) is 12.8 Å². The number of aromatic nitrogens is 1. The lowest BCUT2D eigenvalue weighted by molar-refractivity contribution is 0.418. The van der Waals surface area contributed by atoms with Crippen molar-refractivity contribution in [3.05, 3.63) is 23.6 Å². The summed E-state index contributed by atoms with van der Waals surface area (Å²) in [5.74, 6) is 0.186. The Bertz CT molecular complexity index is 420. The molecule has 2 N–H and O–H groups in total. The van der Waals surface area contributed by atoms with Crippen LogP contribution in [0.2, 0.25) is 0 Å². The minimum Gasteiger partial charge on any atom is -0.365 e. The third-order valence-electron chi connectivity index (χ3n) is 3.47. The first-order valence-corrected chi connectivity index (χ1v) is 7.11. The molecule has 0 saturated heterocycles. The molecule has 0 aliphatic heterocycles. The number of hydrogen-bond acceptors (Lipinski definition) is 3. The topological polar surface area (TPSA) is 37.0 Å². The van der Waals surface area contributed by atoms with Crippen LogP contribution >= 0.6 is 0 Å². The van der Waals surface area contributed by atoms with E-state index in [1.165, 1.54) is 12.8 Å². The Morgan fingerprint density at radius 1 is 1.32 bits per heavy atom. The zero-order valence-electron chi connectivity index (χ0n) is 12.1. The van der Waals surface area contributed by atoms with Gasteiger partial charge >= 0.3 is 0 Å². The molecule has 1 heterocycles. The standard InChI is InChI=1S/C15H24FN3/c1-15(2,3)18-10-11-8-9-17-14(13(11)16)19-12-6-4-5-7-12/h8-9,12,18H,4-7,10H2,1-3H3,(H,17,19). The van der Waals surface area contributed by atoms with Gasteiger partial charge in [0.1, 0.15) is 0 Å². The highest BCUT2D eigenvalue weighted by molar-refractivity contribution is 5.41. The van der Waals surface area contributed by atoms with Crippen molar-refractivity contribution in [1.82, 2.24) is 10.3 Å². The van der Waals surface area contributed by atoms with Gasteiger partial charge in [0.05, 0.1) is 0 Å². The average molecular weight is 265 g/mol. The maximum absolute atomic E-state index is 14.3. The van der Waals surface area contributed by atoms with Gasteiger partial charge in [-0.15, -0.1) is 0 Å². The molecule has 0 amide bonds. The van der Waals surface area contributed by atoms with E-state index in [9.17, 15) is 4.39 Å². The quantitative estimate of drug-likeness (QED) is 0.875. The fraction of sp³-hybridized carbons (Fsp3) is 0.667. The zero-order chi connectivity index (χ0) is 13.9. The summed E-state index contributed by atoms with van der Waals surface area (Å²) in [6, 6.07) is 2.13. The molecule has 1 fully saturated rings. The lowest BCUT2D eigenvalue weighted by Gasteiger charge is -2.21. The van der Waals surface area contributed by atoms with Gasteiger partial charge in [-0.05, 0) is 39.7 Å². The van der Waals surface area contributed by atoms with Crippen molar-refractivity contribution in [3.63, 3.8) is 0 Å². The molecule has 2 rings (SSSR count). The monoisotopic (exact) mass is 265 g/mol. The first-order chi connectivity index (χ1) is 8.96. The highest BCUT2D eigenvalue weighted by Gasteiger charge is 2.18. The minimum atomic E-state index is -0.217. The first-order valence-electron chi connectivity index (χ1n) is 7.11. The van der Waals surface area contributed by atoms with Crippen molar-refractivity contribution in [2.45, 2.75) is 64.6 Å². The molecule has 0 spiro atoms. The Hall–Kier alpha value is -1.16. The molecule has 0 aromatic carbocycles. The van der Waals surface area contributed by atoms with Crippen molar-refractivity contribution < 1.29 is 4.39 Å². The van der Waals surface area contributed by atoms with Crippen LogP contribution in [0.5, 0.6) is 0 Å². The van der Waals surface area contributed by atoms with Crippen LogP contribution in [0, 0.1) is 5.82 Å². The van der Waals surface area contributed by atoms with Crippen LogP contribution in [0.25, 0.3) is 0 Å². The second-order valence-corrected chi connectivity index (χ2v) is 6.36. The summed E-state index contributed by atoms with van der Waals surface area (Å²) in [6.45, 7) is 6.74. The van der Waals surface area contributed by atoms with E-state index in [1.807, 2.05) is 0 Å². The zero-order valence-corrected chi connectivity index (χ0v) is 12.1. The molecule has 0 radical (unpaired) electrons. The molecule has 0 atom stereocenters. The smallest absolute Gasteiger partial charge is 0.169 e.